The van der Waals surface area contributed by atoms with Crippen molar-refractivity contribution in [2.75, 3.05) is 17.3 Å². The van der Waals surface area contributed by atoms with Gasteiger partial charge in [-0.15, -0.1) is 0 Å². The Morgan fingerprint density at radius 2 is 2.11 bits per heavy atom. The third-order valence-corrected chi connectivity index (χ3v) is 3.96. The van der Waals surface area contributed by atoms with Crippen LogP contribution in [0, 0.1) is 5.82 Å². The van der Waals surface area contributed by atoms with E-state index in [0.29, 0.717) is 18.5 Å². The number of fused-ring (bicyclic) bond motifs is 1. The molecule has 1 aromatic carbocycles. The summed E-state index contributed by atoms with van der Waals surface area (Å²) in [6, 6.07) is 1.84. The van der Waals surface area contributed by atoms with Gasteiger partial charge in [0.2, 0.25) is 5.91 Å². The number of sulfone groups is 1. The highest BCUT2D eigenvalue weighted by molar-refractivity contribution is 7.90. The standard InChI is InChI=1S/C12H15FN2O3S/c1-19(17,18)6-10(14)8-4-7-2-3-12(16)15-11(7)5-9(8)13/h4-5,10H,2-3,6,14H2,1H3,(H,15,16). The molecule has 19 heavy (non-hydrogen) atoms. The quantitative estimate of drug-likeness (QED) is 0.858. The lowest BCUT2D eigenvalue weighted by Gasteiger charge is -2.20. The molecule has 1 aliphatic rings. The number of carbonyl (C=O) groups excluding carboxylic acids is 1. The van der Waals surface area contributed by atoms with Gasteiger partial charge in [-0.3, -0.25) is 4.79 Å². The van der Waals surface area contributed by atoms with Gasteiger partial charge in [-0.25, -0.2) is 12.8 Å². The van der Waals surface area contributed by atoms with Gasteiger partial charge in [-0.1, -0.05) is 0 Å². The van der Waals surface area contributed by atoms with Gasteiger partial charge in [-0.05, 0) is 24.1 Å². The summed E-state index contributed by atoms with van der Waals surface area (Å²) in [6.07, 6.45) is 1.89. The molecule has 1 aliphatic heterocycles. The Hall–Kier alpha value is -1.47. The molecule has 1 atom stereocenters. The molecule has 3 N–H and O–H groups in total. The van der Waals surface area contributed by atoms with Crippen LogP contribution in [0.3, 0.4) is 0 Å². The maximum Gasteiger partial charge on any atom is 0.224 e. The smallest absolute Gasteiger partial charge is 0.224 e. The molecule has 1 aromatic rings. The van der Waals surface area contributed by atoms with E-state index in [1.165, 1.54) is 6.07 Å². The lowest BCUT2D eigenvalue weighted by atomic mass is 9.97. The summed E-state index contributed by atoms with van der Waals surface area (Å²) >= 11 is 0. The summed E-state index contributed by atoms with van der Waals surface area (Å²) in [4.78, 5) is 11.2. The van der Waals surface area contributed by atoms with Crippen molar-refractivity contribution in [1.82, 2.24) is 0 Å². The van der Waals surface area contributed by atoms with Crippen LogP contribution in [0.2, 0.25) is 0 Å². The first-order valence-corrected chi connectivity index (χ1v) is 7.88. The lowest BCUT2D eigenvalue weighted by molar-refractivity contribution is -0.116. The molecule has 0 aliphatic carbocycles. The molecule has 2 rings (SSSR count). The minimum absolute atomic E-state index is 0.153. The number of hydrogen-bond donors (Lipinski definition) is 2. The Morgan fingerprint density at radius 3 is 2.74 bits per heavy atom. The number of anilines is 1. The minimum Gasteiger partial charge on any atom is -0.326 e. The fraction of sp³-hybridized carbons (Fsp3) is 0.417. The van der Waals surface area contributed by atoms with Gasteiger partial charge in [-0.2, -0.15) is 0 Å². The van der Waals surface area contributed by atoms with Crippen molar-refractivity contribution in [2.24, 2.45) is 5.73 Å². The van der Waals surface area contributed by atoms with E-state index in [0.717, 1.165) is 11.8 Å². The van der Waals surface area contributed by atoms with Crippen LogP contribution in [0.15, 0.2) is 12.1 Å². The van der Waals surface area contributed by atoms with Gasteiger partial charge in [0.25, 0.3) is 0 Å². The van der Waals surface area contributed by atoms with E-state index in [9.17, 15) is 17.6 Å². The van der Waals surface area contributed by atoms with Crippen molar-refractivity contribution in [2.45, 2.75) is 18.9 Å². The number of carbonyl (C=O) groups is 1. The third-order valence-electron chi connectivity index (χ3n) is 3.00. The van der Waals surface area contributed by atoms with E-state index < -0.39 is 21.7 Å². The van der Waals surface area contributed by atoms with E-state index >= 15 is 0 Å². The van der Waals surface area contributed by atoms with Crippen LogP contribution >= 0.6 is 0 Å². The Balaban J connectivity index is 2.35. The van der Waals surface area contributed by atoms with Crippen molar-refractivity contribution in [3.8, 4) is 0 Å². The molecular formula is C12H15FN2O3S. The molecule has 0 aromatic heterocycles. The van der Waals surface area contributed by atoms with E-state index in [-0.39, 0.29) is 17.2 Å². The lowest BCUT2D eigenvalue weighted by Crippen LogP contribution is -2.24. The van der Waals surface area contributed by atoms with Crippen LogP contribution in [0.25, 0.3) is 0 Å². The summed E-state index contributed by atoms with van der Waals surface area (Å²) in [7, 11) is -3.28. The largest absolute Gasteiger partial charge is 0.326 e. The Bertz CT molecular complexity index is 628. The number of aryl methyl sites for hydroxylation is 1. The van der Waals surface area contributed by atoms with Gasteiger partial charge < -0.3 is 11.1 Å². The predicted molar refractivity (Wildman–Crippen MR) is 70.0 cm³/mol. The Kier molecular flexibility index (Phi) is 3.60. The van der Waals surface area contributed by atoms with Gasteiger partial charge >= 0.3 is 0 Å². The molecule has 1 heterocycles. The van der Waals surface area contributed by atoms with Crippen molar-refractivity contribution in [3.05, 3.63) is 29.1 Å². The molecule has 0 saturated heterocycles. The number of halogens is 1. The predicted octanol–water partition coefficient (Wildman–Crippen LogP) is 0.755. The highest BCUT2D eigenvalue weighted by Gasteiger charge is 2.22. The number of nitrogens with one attached hydrogen (secondary N) is 1. The summed E-state index contributed by atoms with van der Waals surface area (Å²) in [5.74, 6) is -1.06. The Labute approximate surface area is 110 Å². The van der Waals surface area contributed by atoms with Crippen molar-refractivity contribution in [3.63, 3.8) is 0 Å². The average molecular weight is 286 g/mol. The fourth-order valence-electron chi connectivity index (χ4n) is 2.12. The van der Waals surface area contributed by atoms with Crippen LogP contribution in [-0.4, -0.2) is 26.3 Å². The monoisotopic (exact) mass is 286 g/mol. The first-order valence-electron chi connectivity index (χ1n) is 5.82. The molecule has 1 unspecified atom stereocenters. The second-order valence-corrected chi connectivity index (χ2v) is 6.96. The van der Waals surface area contributed by atoms with Gasteiger partial charge in [0.1, 0.15) is 15.7 Å². The maximum atomic E-state index is 13.9. The molecule has 0 radical (unpaired) electrons. The van der Waals surface area contributed by atoms with Crippen LogP contribution in [0.5, 0.6) is 0 Å². The molecular weight excluding hydrogens is 271 g/mol. The summed E-state index contributed by atoms with van der Waals surface area (Å²) < 4.78 is 36.3. The second-order valence-electron chi connectivity index (χ2n) is 4.78. The van der Waals surface area contributed by atoms with E-state index in [2.05, 4.69) is 5.32 Å². The highest BCUT2D eigenvalue weighted by atomic mass is 32.2. The molecule has 104 valence electrons. The van der Waals surface area contributed by atoms with Gasteiger partial charge in [0.15, 0.2) is 0 Å². The van der Waals surface area contributed by atoms with Gasteiger partial charge in [0.05, 0.1) is 5.75 Å². The fourth-order valence-corrected chi connectivity index (χ4v) is 2.95. The maximum absolute atomic E-state index is 13.9. The summed E-state index contributed by atoms with van der Waals surface area (Å²) in [6.45, 7) is 0. The first kappa shape index (κ1) is 14.0. The number of nitrogens with two attached hydrogens (primary N) is 1. The molecule has 0 saturated carbocycles. The highest BCUT2D eigenvalue weighted by Crippen LogP contribution is 2.28. The summed E-state index contributed by atoms with van der Waals surface area (Å²) in [5, 5.41) is 2.58. The molecule has 0 fully saturated rings. The first-order chi connectivity index (χ1) is 8.76. The number of amides is 1. The van der Waals surface area contributed by atoms with Crippen molar-refractivity contribution >= 4 is 21.4 Å². The minimum atomic E-state index is -3.28. The average Bonchev–Trinajstić information content (AvgIpc) is 2.25. The number of hydrogen-bond acceptors (Lipinski definition) is 4. The van der Waals surface area contributed by atoms with E-state index in [4.69, 9.17) is 5.73 Å². The van der Waals surface area contributed by atoms with Crippen molar-refractivity contribution < 1.29 is 17.6 Å². The van der Waals surface area contributed by atoms with Crippen LogP contribution in [0.4, 0.5) is 10.1 Å². The van der Waals surface area contributed by atoms with Crippen LogP contribution in [-0.2, 0) is 21.1 Å². The van der Waals surface area contributed by atoms with Gasteiger partial charge in [0, 0.05) is 30.0 Å². The van der Waals surface area contributed by atoms with E-state index in [1.54, 1.807) is 6.07 Å². The topological polar surface area (TPSA) is 89.3 Å². The zero-order valence-electron chi connectivity index (χ0n) is 10.4. The van der Waals surface area contributed by atoms with Crippen LogP contribution < -0.4 is 11.1 Å². The van der Waals surface area contributed by atoms with Crippen LogP contribution in [0.1, 0.15) is 23.6 Å². The zero-order valence-corrected chi connectivity index (χ0v) is 11.3. The SMILES string of the molecule is CS(=O)(=O)CC(N)c1cc2c(cc1F)NC(=O)CC2. The second kappa shape index (κ2) is 4.90. The Morgan fingerprint density at radius 1 is 1.42 bits per heavy atom. The molecule has 5 nitrogen and oxygen atoms in total. The summed E-state index contributed by atoms with van der Waals surface area (Å²) in [5.41, 5.74) is 7.11. The number of benzene rings is 1. The molecule has 7 heteroatoms. The third kappa shape index (κ3) is 3.30. The van der Waals surface area contributed by atoms with E-state index in [1.807, 2.05) is 0 Å². The normalized spacial score (nSPS) is 16.7. The molecule has 1 amide bonds. The number of rotatable bonds is 3. The van der Waals surface area contributed by atoms with Crippen molar-refractivity contribution in [1.29, 1.82) is 0 Å². The molecule has 0 spiro atoms. The molecule has 0 bridgehead atoms. The zero-order chi connectivity index (χ0) is 14.2.